The normalized spacial score (nSPS) is 13.5. The van der Waals surface area contributed by atoms with Crippen LogP contribution in [0.25, 0.3) is 0 Å². The van der Waals surface area contributed by atoms with Gasteiger partial charge >= 0.3 is 0 Å². The molecule has 12 heavy (non-hydrogen) atoms. The van der Waals surface area contributed by atoms with Crippen molar-refractivity contribution in [2.45, 2.75) is 52.2 Å². The zero-order valence-corrected chi connectivity index (χ0v) is 8.68. The van der Waals surface area contributed by atoms with Gasteiger partial charge in [-0.2, -0.15) is 0 Å². The Labute approximate surface area is 74.6 Å². The summed E-state index contributed by atoms with van der Waals surface area (Å²) >= 11 is 0. The van der Waals surface area contributed by atoms with Crippen LogP contribution in [0.4, 0.5) is 0 Å². The lowest BCUT2D eigenvalue weighted by molar-refractivity contribution is -0.398. The summed E-state index contributed by atoms with van der Waals surface area (Å²) in [5, 5.41) is 8.70. The molecule has 0 aliphatic heterocycles. The van der Waals surface area contributed by atoms with Crippen molar-refractivity contribution < 1.29 is 14.9 Å². The fraction of sp³-hybridized carbons (Fsp3) is 1.00. The number of hydrogen-bond acceptors (Lipinski definition) is 3. The molecular weight excluding hydrogens is 156 g/mol. The predicted octanol–water partition coefficient (Wildman–Crippen LogP) is 1.89. The Morgan fingerprint density at radius 3 is 1.83 bits per heavy atom. The maximum Gasteiger partial charge on any atom is 0.100 e. The highest BCUT2D eigenvalue weighted by atomic mass is 17.2. The molecule has 0 saturated carbocycles. The first-order valence-corrected chi connectivity index (χ1v) is 4.24. The molecule has 1 N–H and O–H groups in total. The molecule has 0 spiro atoms. The van der Waals surface area contributed by atoms with E-state index in [1.165, 1.54) is 0 Å². The van der Waals surface area contributed by atoms with Crippen molar-refractivity contribution in [3.63, 3.8) is 0 Å². The molecule has 0 heterocycles. The maximum absolute atomic E-state index is 8.70. The summed E-state index contributed by atoms with van der Waals surface area (Å²) in [7, 11) is 0. The average molecular weight is 176 g/mol. The molecule has 74 valence electrons. The fourth-order valence-corrected chi connectivity index (χ4v) is 0.549. The van der Waals surface area contributed by atoms with E-state index in [1.54, 1.807) is 0 Å². The van der Waals surface area contributed by atoms with E-state index in [4.69, 9.17) is 14.9 Å². The van der Waals surface area contributed by atoms with Gasteiger partial charge in [0, 0.05) is 13.0 Å². The molecule has 3 nitrogen and oxygen atoms in total. The Morgan fingerprint density at radius 1 is 1.00 bits per heavy atom. The fourth-order valence-electron chi connectivity index (χ4n) is 0.549. The number of rotatable bonds is 4. The Bertz CT molecular complexity index is 124. The van der Waals surface area contributed by atoms with E-state index >= 15 is 0 Å². The largest absolute Gasteiger partial charge is 0.396 e. The van der Waals surface area contributed by atoms with Gasteiger partial charge in [0.05, 0.1) is 5.60 Å². The molecule has 0 radical (unpaired) electrons. The zero-order chi connectivity index (χ0) is 9.83. The average Bonchev–Trinajstić information content (AvgIpc) is 1.83. The van der Waals surface area contributed by atoms with Crippen molar-refractivity contribution in [2.24, 2.45) is 0 Å². The van der Waals surface area contributed by atoms with Crippen molar-refractivity contribution in [3.05, 3.63) is 0 Å². The quantitative estimate of drug-likeness (QED) is 0.525. The minimum absolute atomic E-state index is 0.112. The molecule has 0 amide bonds. The van der Waals surface area contributed by atoms with E-state index in [9.17, 15) is 0 Å². The van der Waals surface area contributed by atoms with Crippen LogP contribution in [-0.2, 0) is 9.78 Å². The Balaban J connectivity index is 3.75. The molecular formula is C9H20O3. The van der Waals surface area contributed by atoms with Crippen LogP contribution >= 0.6 is 0 Å². The summed E-state index contributed by atoms with van der Waals surface area (Å²) in [6, 6.07) is 0. The van der Waals surface area contributed by atoms with Crippen LogP contribution in [-0.4, -0.2) is 22.9 Å². The minimum atomic E-state index is -0.415. The zero-order valence-electron chi connectivity index (χ0n) is 8.68. The van der Waals surface area contributed by atoms with Crippen LogP contribution in [0.3, 0.4) is 0 Å². The van der Waals surface area contributed by atoms with Gasteiger partial charge in [-0.1, -0.05) is 0 Å². The van der Waals surface area contributed by atoms with Crippen molar-refractivity contribution >= 4 is 0 Å². The van der Waals surface area contributed by atoms with Crippen LogP contribution in [0.15, 0.2) is 0 Å². The summed E-state index contributed by atoms with van der Waals surface area (Å²) in [6.45, 7) is 9.64. The Hall–Kier alpha value is -0.120. The first-order valence-electron chi connectivity index (χ1n) is 4.24. The molecule has 0 saturated heterocycles. The maximum atomic E-state index is 8.70. The third-order valence-corrected chi connectivity index (χ3v) is 1.23. The lowest BCUT2D eigenvalue weighted by Gasteiger charge is -2.27. The summed E-state index contributed by atoms with van der Waals surface area (Å²) < 4.78 is 0. The first kappa shape index (κ1) is 11.9. The van der Waals surface area contributed by atoms with Gasteiger partial charge in [-0.05, 0) is 34.6 Å². The molecule has 0 aromatic carbocycles. The third kappa shape index (κ3) is 6.58. The molecule has 0 unspecified atom stereocenters. The summed E-state index contributed by atoms with van der Waals surface area (Å²) in [5.41, 5.74) is -0.714. The highest BCUT2D eigenvalue weighted by Crippen LogP contribution is 2.18. The second-order valence-corrected chi connectivity index (χ2v) is 4.51. The smallest absolute Gasteiger partial charge is 0.100 e. The van der Waals surface area contributed by atoms with Crippen LogP contribution in [0, 0.1) is 0 Å². The van der Waals surface area contributed by atoms with Crippen LogP contribution < -0.4 is 0 Å². The third-order valence-electron chi connectivity index (χ3n) is 1.23. The topological polar surface area (TPSA) is 38.7 Å². The van der Waals surface area contributed by atoms with Gasteiger partial charge in [-0.15, -0.1) is 0 Å². The molecule has 0 fully saturated rings. The van der Waals surface area contributed by atoms with Crippen molar-refractivity contribution in [2.75, 3.05) is 6.61 Å². The molecule has 0 rings (SSSR count). The number of aliphatic hydroxyl groups excluding tert-OH is 1. The van der Waals surface area contributed by atoms with Gasteiger partial charge in [0.2, 0.25) is 0 Å². The molecule has 0 aromatic heterocycles. The number of aliphatic hydroxyl groups is 1. The van der Waals surface area contributed by atoms with E-state index in [-0.39, 0.29) is 12.2 Å². The van der Waals surface area contributed by atoms with Gasteiger partial charge in [-0.3, -0.25) is 0 Å². The monoisotopic (exact) mass is 176 g/mol. The Kier molecular flexibility index (Phi) is 4.17. The van der Waals surface area contributed by atoms with E-state index < -0.39 is 5.60 Å². The van der Waals surface area contributed by atoms with Crippen LogP contribution in [0.2, 0.25) is 0 Å². The van der Waals surface area contributed by atoms with Gasteiger partial charge in [-0.25, -0.2) is 9.78 Å². The molecule has 0 aliphatic rings. The summed E-state index contributed by atoms with van der Waals surface area (Å²) in [5.74, 6) is 0. The van der Waals surface area contributed by atoms with Crippen LogP contribution in [0.1, 0.15) is 41.0 Å². The van der Waals surface area contributed by atoms with Crippen molar-refractivity contribution in [1.29, 1.82) is 0 Å². The molecule has 0 aliphatic carbocycles. The second kappa shape index (κ2) is 4.21. The molecule has 0 aromatic rings. The van der Waals surface area contributed by atoms with Crippen molar-refractivity contribution in [1.82, 2.24) is 0 Å². The predicted molar refractivity (Wildman–Crippen MR) is 47.7 cm³/mol. The van der Waals surface area contributed by atoms with Gasteiger partial charge in [0.1, 0.15) is 5.60 Å². The highest BCUT2D eigenvalue weighted by Gasteiger charge is 2.22. The van der Waals surface area contributed by atoms with Gasteiger partial charge < -0.3 is 5.11 Å². The summed E-state index contributed by atoms with van der Waals surface area (Å²) in [4.78, 5) is 10.3. The van der Waals surface area contributed by atoms with E-state index in [0.29, 0.717) is 6.42 Å². The second-order valence-electron chi connectivity index (χ2n) is 4.51. The molecule has 0 atom stereocenters. The summed E-state index contributed by atoms with van der Waals surface area (Å²) in [6.07, 6.45) is 0.572. The molecule has 0 bridgehead atoms. The minimum Gasteiger partial charge on any atom is -0.396 e. The SMILES string of the molecule is CC(C)(C)OOC(C)(C)CCO. The van der Waals surface area contributed by atoms with E-state index in [1.807, 2.05) is 34.6 Å². The van der Waals surface area contributed by atoms with Gasteiger partial charge in [0.15, 0.2) is 0 Å². The van der Waals surface area contributed by atoms with Crippen LogP contribution in [0.5, 0.6) is 0 Å². The Morgan fingerprint density at radius 2 is 1.50 bits per heavy atom. The lowest BCUT2D eigenvalue weighted by Crippen LogP contribution is -2.31. The highest BCUT2D eigenvalue weighted by molar-refractivity contribution is 4.66. The van der Waals surface area contributed by atoms with E-state index in [2.05, 4.69) is 0 Å². The van der Waals surface area contributed by atoms with E-state index in [0.717, 1.165) is 0 Å². The van der Waals surface area contributed by atoms with Crippen molar-refractivity contribution in [3.8, 4) is 0 Å². The lowest BCUT2D eigenvalue weighted by atomic mass is 10.1. The van der Waals surface area contributed by atoms with Gasteiger partial charge in [0.25, 0.3) is 0 Å². The standard InChI is InChI=1S/C9H20O3/c1-8(2,3)11-12-9(4,5)6-7-10/h10H,6-7H2,1-5H3. The molecule has 3 heteroatoms. The first-order chi connectivity index (χ1) is 5.27. The number of hydrogen-bond donors (Lipinski definition) is 1.